The summed E-state index contributed by atoms with van der Waals surface area (Å²) in [6.07, 6.45) is -4.64. The molecule has 1 heterocycles. The topological polar surface area (TPSA) is 67.6 Å². The van der Waals surface area contributed by atoms with Gasteiger partial charge in [0.05, 0.1) is 20.5 Å². The number of thioether (sulfide) groups is 1. The van der Waals surface area contributed by atoms with Gasteiger partial charge in [0.25, 0.3) is 0 Å². The molecular formula is C12H4Cl5F3N4S. The molecule has 0 aliphatic heterocycles. The minimum atomic E-state index is -4.64. The first-order chi connectivity index (χ1) is 11.3. The van der Waals surface area contributed by atoms with Gasteiger partial charge in [-0.05, 0) is 12.1 Å². The SMILES string of the molecule is N#Cc1nn(-c2c(Cl)cc(C(F)(F)F)cc2Cl)c(N)c1SC(Cl)(Cl)Cl. The first kappa shape index (κ1) is 20.6. The van der Waals surface area contributed by atoms with Crippen LogP contribution in [0.15, 0.2) is 17.0 Å². The number of benzene rings is 1. The molecule has 2 N–H and O–H groups in total. The van der Waals surface area contributed by atoms with Crippen molar-refractivity contribution in [1.82, 2.24) is 9.78 Å². The summed E-state index contributed by atoms with van der Waals surface area (Å²) in [5.74, 6) is -0.170. The summed E-state index contributed by atoms with van der Waals surface area (Å²) >= 11 is 29.5. The number of halogens is 8. The maximum absolute atomic E-state index is 12.8. The second-order valence-corrected chi connectivity index (χ2v) is 9.41. The molecule has 1 aromatic heterocycles. The number of hydrogen-bond donors (Lipinski definition) is 1. The molecular weight excluding hydrogens is 466 g/mol. The number of aromatic nitrogens is 2. The average Bonchev–Trinajstić information content (AvgIpc) is 2.73. The van der Waals surface area contributed by atoms with Gasteiger partial charge in [-0.1, -0.05) is 69.8 Å². The van der Waals surface area contributed by atoms with E-state index in [1.54, 1.807) is 6.07 Å². The summed E-state index contributed by atoms with van der Waals surface area (Å²) in [5.41, 5.74) is 4.50. The maximum atomic E-state index is 12.8. The zero-order valence-electron chi connectivity index (χ0n) is 11.5. The molecule has 13 heteroatoms. The van der Waals surface area contributed by atoms with Gasteiger partial charge in [0.2, 0.25) is 3.12 Å². The standard InChI is InChI=1S/C12H4Cl5F3N4S/c13-5-1-4(11(18,19)20)2-6(14)8(5)24-10(22)9(7(3-21)23-24)25-12(15,16)17/h1-2H,22H2. The maximum Gasteiger partial charge on any atom is 0.416 e. The molecule has 134 valence electrons. The fraction of sp³-hybridized carbons (Fsp3) is 0.167. The smallest absolute Gasteiger partial charge is 0.383 e. The highest BCUT2D eigenvalue weighted by molar-refractivity contribution is 8.04. The normalized spacial score (nSPS) is 12.3. The summed E-state index contributed by atoms with van der Waals surface area (Å²) in [5, 5.41) is 12.3. The van der Waals surface area contributed by atoms with Gasteiger partial charge in [0.15, 0.2) is 5.69 Å². The number of nitrogens with zero attached hydrogens (tertiary/aromatic N) is 3. The minimum absolute atomic E-state index is 0.0227. The van der Waals surface area contributed by atoms with Crippen LogP contribution < -0.4 is 5.73 Å². The van der Waals surface area contributed by atoms with E-state index < -0.39 is 14.9 Å². The van der Waals surface area contributed by atoms with Crippen molar-refractivity contribution in [1.29, 1.82) is 5.26 Å². The quantitative estimate of drug-likeness (QED) is 0.427. The Morgan fingerprint density at radius 2 is 1.68 bits per heavy atom. The second-order valence-electron chi connectivity index (χ2n) is 4.42. The Morgan fingerprint density at radius 3 is 2.08 bits per heavy atom. The molecule has 4 nitrogen and oxygen atoms in total. The molecule has 0 aliphatic rings. The number of rotatable bonds is 2. The Morgan fingerprint density at radius 1 is 1.16 bits per heavy atom. The van der Waals surface area contributed by atoms with Crippen LogP contribution in [0.25, 0.3) is 5.69 Å². The minimum Gasteiger partial charge on any atom is -0.383 e. The summed E-state index contributed by atoms with van der Waals surface area (Å²) in [4.78, 5) is 0.0227. The van der Waals surface area contributed by atoms with Gasteiger partial charge in [-0.15, -0.1) is 0 Å². The van der Waals surface area contributed by atoms with Gasteiger partial charge >= 0.3 is 6.18 Å². The van der Waals surface area contributed by atoms with E-state index in [1.807, 2.05) is 0 Å². The molecule has 2 aromatic rings. The van der Waals surface area contributed by atoms with Gasteiger partial charge in [-0.25, -0.2) is 4.68 Å². The lowest BCUT2D eigenvalue weighted by Gasteiger charge is -2.14. The zero-order chi connectivity index (χ0) is 19.2. The summed E-state index contributed by atoms with van der Waals surface area (Å²) < 4.78 is 37.5. The fourth-order valence-corrected chi connectivity index (χ4v) is 3.76. The Hall–Kier alpha value is -0.690. The highest BCUT2D eigenvalue weighted by Gasteiger charge is 2.33. The molecule has 0 amide bonds. The number of nitrogen functional groups attached to an aromatic ring is 1. The van der Waals surface area contributed by atoms with Crippen LogP contribution in [0.5, 0.6) is 0 Å². The van der Waals surface area contributed by atoms with Crippen LogP contribution in [0.2, 0.25) is 10.0 Å². The number of anilines is 1. The fourth-order valence-electron chi connectivity index (χ4n) is 1.81. The molecule has 0 aliphatic carbocycles. The molecule has 0 radical (unpaired) electrons. The zero-order valence-corrected chi connectivity index (χ0v) is 16.1. The van der Waals surface area contributed by atoms with Crippen LogP contribution in [0.1, 0.15) is 11.3 Å². The van der Waals surface area contributed by atoms with E-state index in [0.717, 1.165) is 4.68 Å². The lowest BCUT2D eigenvalue weighted by Crippen LogP contribution is -2.08. The Kier molecular flexibility index (Phi) is 5.89. The van der Waals surface area contributed by atoms with E-state index in [1.165, 1.54) is 0 Å². The molecule has 2 rings (SSSR count). The van der Waals surface area contributed by atoms with Crippen molar-refractivity contribution < 1.29 is 13.2 Å². The van der Waals surface area contributed by atoms with Crippen molar-refractivity contribution in [2.45, 2.75) is 14.2 Å². The van der Waals surface area contributed by atoms with Gasteiger partial charge in [-0.2, -0.15) is 23.5 Å². The third-order valence-corrected chi connectivity index (χ3v) is 4.86. The molecule has 0 spiro atoms. The van der Waals surface area contributed by atoms with Crippen molar-refractivity contribution in [2.75, 3.05) is 5.73 Å². The van der Waals surface area contributed by atoms with E-state index in [0.29, 0.717) is 23.9 Å². The average molecular weight is 471 g/mol. The monoisotopic (exact) mass is 468 g/mol. The summed E-state index contributed by atoms with van der Waals surface area (Å²) in [7, 11) is 0. The lowest BCUT2D eigenvalue weighted by atomic mass is 10.2. The van der Waals surface area contributed by atoms with E-state index in [-0.39, 0.29) is 32.1 Å². The van der Waals surface area contributed by atoms with E-state index in [2.05, 4.69) is 5.10 Å². The third-order valence-electron chi connectivity index (χ3n) is 2.76. The van der Waals surface area contributed by atoms with E-state index in [4.69, 9.17) is 69.0 Å². The molecule has 0 fully saturated rings. The molecule has 1 aromatic carbocycles. The Bertz CT molecular complexity index is 846. The van der Waals surface area contributed by atoms with Crippen LogP contribution in [0, 0.1) is 11.3 Å². The van der Waals surface area contributed by atoms with E-state index >= 15 is 0 Å². The predicted molar refractivity (Wildman–Crippen MR) is 93.9 cm³/mol. The van der Waals surface area contributed by atoms with Crippen molar-refractivity contribution >= 4 is 75.6 Å². The summed E-state index contributed by atoms with van der Waals surface area (Å²) in [6, 6.07) is 3.08. The van der Waals surface area contributed by atoms with Crippen molar-refractivity contribution in [3.8, 4) is 11.8 Å². The van der Waals surface area contributed by atoms with Crippen molar-refractivity contribution in [3.05, 3.63) is 33.4 Å². The molecule has 0 saturated carbocycles. The van der Waals surface area contributed by atoms with Gasteiger partial charge in [0.1, 0.15) is 17.6 Å². The number of nitrogens with two attached hydrogens (primary N) is 1. The highest BCUT2D eigenvalue weighted by Crippen LogP contribution is 2.48. The number of alkyl halides is 6. The number of nitriles is 1. The van der Waals surface area contributed by atoms with Gasteiger partial charge in [-0.3, -0.25) is 0 Å². The van der Waals surface area contributed by atoms with Gasteiger partial charge < -0.3 is 5.73 Å². The van der Waals surface area contributed by atoms with Crippen LogP contribution in [-0.4, -0.2) is 12.9 Å². The van der Waals surface area contributed by atoms with Crippen molar-refractivity contribution in [2.24, 2.45) is 0 Å². The number of hydrogen-bond acceptors (Lipinski definition) is 4. The first-order valence-electron chi connectivity index (χ1n) is 5.96. The van der Waals surface area contributed by atoms with Crippen LogP contribution in [0.3, 0.4) is 0 Å². The second kappa shape index (κ2) is 7.14. The lowest BCUT2D eigenvalue weighted by molar-refractivity contribution is -0.137. The first-order valence-corrected chi connectivity index (χ1v) is 8.66. The van der Waals surface area contributed by atoms with Crippen molar-refractivity contribution in [3.63, 3.8) is 0 Å². The highest BCUT2D eigenvalue weighted by atomic mass is 35.6. The molecule has 0 bridgehead atoms. The largest absolute Gasteiger partial charge is 0.416 e. The van der Waals surface area contributed by atoms with Crippen LogP contribution in [-0.2, 0) is 6.18 Å². The summed E-state index contributed by atoms with van der Waals surface area (Å²) in [6.45, 7) is 0. The Labute approximate surface area is 168 Å². The third kappa shape index (κ3) is 4.54. The predicted octanol–water partition coefficient (Wildman–Crippen LogP) is 6.07. The molecule has 0 saturated heterocycles. The van der Waals surface area contributed by atoms with Gasteiger partial charge in [0, 0.05) is 0 Å². The molecule has 0 atom stereocenters. The Balaban J connectivity index is 2.66. The van der Waals surface area contributed by atoms with E-state index in [9.17, 15) is 13.2 Å². The van der Waals surface area contributed by atoms with Crippen LogP contribution >= 0.6 is 69.8 Å². The van der Waals surface area contributed by atoms with Crippen LogP contribution in [0.4, 0.5) is 19.0 Å². The molecule has 25 heavy (non-hydrogen) atoms. The molecule has 0 unspecified atom stereocenters.